The zero-order valence-corrected chi connectivity index (χ0v) is 20.1. The molecule has 0 spiro atoms. The number of rotatable bonds is 8. The fourth-order valence-corrected chi connectivity index (χ4v) is 4.20. The van der Waals surface area contributed by atoms with Gasteiger partial charge >= 0.3 is 0 Å². The molecule has 1 aliphatic heterocycles. The molecule has 0 saturated carbocycles. The average Bonchev–Trinajstić information content (AvgIpc) is 3.49. The lowest BCUT2D eigenvalue weighted by Crippen LogP contribution is -2.28. The summed E-state index contributed by atoms with van der Waals surface area (Å²) in [6, 6.07) is 14.1. The second kappa shape index (κ2) is 10.8. The Balaban J connectivity index is 1.64. The number of nitrogens with zero attached hydrogens (tertiary/aromatic N) is 3. The molecule has 0 radical (unpaired) electrons. The molecule has 0 atom stereocenters. The molecule has 10 heteroatoms. The van der Waals surface area contributed by atoms with Gasteiger partial charge in [0.25, 0.3) is 5.91 Å². The number of methoxy groups -OCH3 is 3. The summed E-state index contributed by atoms with van der Waals surface area (Å²) in [5.74, 6) is 1.45. The highest BCUT2D eigenvalue weighted by atomic mass is 32.2. The number of furan rings is 1. The molecule has 1 aliphatic rings. The number of phenolic OH excluding ortho intramolecular Hbond substituents is 1. The van der Waals surface area contributed by atoms with E-state index < -0.39 is 0 Å². The lowest BCUT2D eigenvalue weighted by atomic mass is 10.1. The highest BCUT2D eigenvalue weighted by molar-refractivity contribution is 8.18. The van der Waals surface area contributed by atoms with Gasteiger partial charge in [0.05, 0.1) is 45.3 Å². The van der Waals surface area contributed by atoms with Crippen molar-refractivity contribution in [1.82, 2.24) is 4.90 Å². The third-order valence-electron chi connectivity index (χ3n) is 5.05. The SMILES string of the molecule is COc1ccc(/C=N/N=C2\S/C(=C\c3cc(OC)c(O)c(OC)c3)C(=O)N2Cc2ccco2)cc1. The van der Waals surface area contributed by atoms with Gasteiger partial charge in [-0.25, -0.2) is 0 Å². The number of hydrogen-bond donors (Lipinski definition) is 1. The quantitative estimate of drug-likeness (QED) is 0.279. The lowest BCUT2D eigenvalue weighted by molar-refractivity contribution is -0.122. The zero-order chi connectivity index (χ0) is 24.8. The molecule has 4 rings (SSSR count). The van der Waals surface area contributed by atoms with E-state index >= 15 is 0 Å². The molecule has 9 nitrogen and oxygen atoms in total. The van der Waals surface area contributed by atoms with Crippen LogP contribution in [0.15, 0.2) is 74.3 Å². The maximum absolute atomic E-state index is 13.3. The number of aromatic hydroxyl groups is 1. The van der Waals surface area contributed by atoms with E-state index in [2.05, 4.69) is 10.2 Å². The molecule has 35 heavy (non-hydrogen) atoms. The van der Waals surface area contributed by atoms with Gasteiger partial charge in [-0.3, -0.25) is 9.69 Å². The minimum absolute atomic E-state index is 0.114. The fourth-order valence-electron chi connectivity index (χ4n) is 3.26. The van der Waals surface area contributed by atoms with Crippen molar-refractivity contribution < 1.29 is 28.5 Å². The van der Waals surface area contributed by atoms with Crippen molar-refractivity contribution in [2.75, 3.05) is 21.3 Å². The predicted octanol–water partition coefficient (Wildman–Crippen LogP) is 4.52. The molecule has 2 aromatic carbocycles. The van der Waals surface area contributed by atoms with Gasteiger partial charge in [0.2, 0.25) is 5.75 Å². The van der Waals surface area contributed by atoms with Crippen LogP contribution >= 0.6 is 11.8 Å². The van der Waals surface area contributed by atoms with Crippen molar-refractivity contribution in [2.24, 2.45) is 10.2 Å². The van der Waals surface area contributed by atoms with Gasteiger partial charge in [-0.1, -0.05) is 0 Å². The minimum Gasteiger partial charge on any atom is -0.502 e. The van der Waals surface area contributed by atoms with Crippen LogP contribution in [0.1, 0.15) is 16.9 Å². The summed E-state index contributed by atoms with van der Waals surface area (Å²) >= 11 is 1.18. The second-order valence-corrected chi connectivity index (χ2v) is 8.26. The smallest absolute Gasteiger partial charge is 0.267 e. The number of amidine groups is 1. The van der Waals surface area contributed by atoms with E-state index in [1.165, 1.54) is 30.9 Å². The monoisotopic (exact) mass is 493 g/mol. The first-order valence-corrected chi connectivity index (χ1v) is 11.3. The molecule has 0 aliphatic carbocycles. The third-order valence-corrected chi connectivity index (χ3v) is 6.04. The topological polar surface area (TPSA) is 106 Å². The maximum atomic E-state index is 13.3. The largest absolute Gasteiger partial charge is 0.502 e. The zero-order valence-electron chi connectivity index (χ0n) is 19.3. The second-order valence-electron chi connectivity index (χ2n) is 7.26. The third kappa shape index (κ3) is 5.49. The Labute approximate surface area is 206 Å². The van der Waals surface area contributed by atoms with Crippen LogP contribution in [0.5, 0.6) is 23.0 Å². The molecule has 0 unspecified atom stereocenters. The Morgan fingerprint density at radius 1 is 1.03 bits per heavy atom. The minimum atomic E-state index is -0.254. The maximum Gasteiger partial charge on any atom is 0.267 e. The molecular formula is C25H23N3O6S. The Bertz CT molecular complexity index is 1260. The average molecular weight is 494 g/mol. The van der Waals surface area contributed by atoms with Crippen LogP contribution in [-0.2, 0) is 11.3 Å². The fraction of sp³-hybridized carbons (Fsp3) is 0.160. The van der Waals surface area contributed by atoms with Crippen LogP contribution in [0.2, 0.25) is 0 Å². The molecular weight excluding hydrogens is 470 g/mol. The molecule has 0 bridgehead atoms. The molecule has 1 saturated heterocycles. The summed E-state index contributed by atoms with van der Waals surface area (Å²) < 4.78 is 21.0. The van der Waals surface area contributed by atoms with Gasteiger partial charge in [-0.2, -0.15) is 5.10 Å². The summed E-state index contributed by atoms with van der Waals surface area (Å²) in [5, 5.41) is 19.0. The summed E-state index contributed by atoms with van der Waals surface area (Å²) in [6.07, 6.45) is 4.83. The number of benzene rings is 2. The standard InChI is InChI=1S/C25H23N3O6S/c1-31-18-8-6-16(7-9-18)14-26-27-25-28(15-19-5-4-10-34-19)24(30)22(35-25)13-17-11-20(32-2)23(29)21(12-17)33-3/h4-14,29H,15H2,1-3H3/b22-13-,26-14+,27-25-. The van der Waals surface area contributed by atoms with Gasteiger partial charge < -0.3 is 23.7 Å². The number of carbonyl (C=O) groups is 1. The van der Waals surface area contributed by atoms with Crippen molar-refractivity contribution in [3.63, 3.8) is 0 Å². The molecule has 180 valence electrons. The van der Waals surface area contributed by atoms with Gasteiger partial charge in [-0.05, 0) is 77.5 Å². The summed E-state index contributed by atoms with van der Waals surface area (Å²) in [6.45, 7) is 0.204. The van der Waals surface area contributed by atoms with Gasteiger partial charge in [0.15, 0.2) is 16.7 Å². The van der Waals surface area contributed by atoms with E-state index in [4.69, 9.17) is 18.6 Å². The van der Waals surface area contributed by atoms with E-state index in [1.54, 1.807) is 49.9 Å². The van der Waals surface area contributed by atoms with Gasteiger partial charge in [0, 0.05) is 0 Å². The summed E-state index contributed by atoms with van der Waals surface area (Å²) in [7, 11) is 4.49. The predicted molar refractivity (Wildman–Crippen MR) is 134 cm³/mol. The first-order chi connectivity index (χ1) is 17.0. The highest BCUT2D eigenvalue weighted by Crippen LogP contribution is 2.39. The molecule has 2 heterocycles. The van der Waals surface area contributed by atoms with Crippen molar-refractivity contribution in [3.8, 4) is 23.0 Å². The number of amides is 1. The Morgan fingerprint density at radius 2 is 1.74 bits per heavy atom. The van der Waals surface area contributed by atoms with E-state index in [0.717, 1.165) is 11.3 Å². The van der Waals surface area contributed by atoms with E-state index in [9.17, 15) is 9.90 Å². The first-order valence-electron chi connectivity index (χ1n) is 10.5. The molecule has 1 aromatic heterocycles. The van der Waals surface area contributed by atoms with Crippen molar-refractivity contribution in [2.45, 2.75) is 6.54 Å². The van der Waals surface area contributed by atoms with Crippen LogP contribution in [0, 0.1) is 0 Å². The van der Waals surface area contributed by atoms with Gasteiger partial charge in [-0.15, -0.1) is 5.10 Å². The van der Waals surface area contributed by atoms with Crippen LogP contribution < -0.4 is 14.2 Å². The van der Waals surface area contributed by atoms with E-state index in [0.29, 0.717) is 21.4 Å². The highest BCUT2D eigenvalue weighted by Gasteiger charge is 2.34. The molecule has 1 fully saturated rings. The number of phenols is 1. The van der Waals surface area contributed by atoms with Crippen LogP contribution in [-0.4, -0.2) is 48.6 Å². The Morgan fingerprint density at radius 3 is 2.34 bits per heavy atom. The number of thioether (sulfide) groups is 1. The molecule has 1 amide bonds. The Kier molecular flexibility index (Phi) is 7.41. The molecule has 3 aromatic rings. The summed E-state index contributed by atoms with van der Waals surface area (Å²) in [4.78, 5) is 15.2. The van der Waals surface area contributed by atoms with E-state index in [-0.39, 0.29) is 29.7 Å². The van der Waals surface area contributed by atoms with Gasteiger partial charge in [0.1, 0.15) is 11.5 Å². The van der Waals surface area contributed by atoms with Crippen molar-refractivity contribution in [3.05, 3.63) is 76.6 Å². The van der Waals surface area contributed by atoms with Crippen molar-refractivity contribution >= 4 is 35.1 Å². The number of ether oxygens (including phenoxy) is 3. The van der Waals surface area contributed by atoms with Crippen LogP contribution in [0.25, 0.3) is 6.08 Å². The van der Waals surface area contributed by atoms with Crippen LogP contribution in [0.4, 0.5) is 0 Å². The Hall–Kier alpha value is -4.18. The number of carbonyl (C=O) groups excluding carboxylic acids is 1. The number of hydrogen-bond acceptors (Lipinski definition) is 9. The van der Waals surface area contributed by atoms with E-state index in [1.807, 2.05) is 24.3 Å². The lowest BCUT2D eigenvalue weighted by Gasteiger charge is -2.12. The first kappa shape index (κ1) is 24.0. The molecule has 1 N–H and O–H groups in total. The normalized spacial score (nSPS) is 16.0. The van der Waals surface area contributed by atoms with Crippen LogP contribution in [0.3, 0.4) is 0 Å². The summed E-state index contributed by atoms with van der Waals surface area (Å²) in [5.41, 5.74) is 1.45. The van der Waals surface area contributed by atoms with Crippen molar-refractivity contribution in [1.29, 1.82) is 0 Å².